The van der Waals surface area contributed by atoms with E-state index in [2.05, 4.69) is 16.0 Å². The molecule has 0 fully saturated rings. The van der Waals surface area contributed by atoms with Crippen LogP contribution in [0.4, 0.5) is 0 Å². The summed E-state index contributed by atoms with van der Waals surface area (Å²) in [5.41, 5.74) is 0.513. The lowest BCUT2D eigenvalue weighted by molar-refractivity contribution is -0.136. The van der Waals surface area contributed by atoms with Gasteiger partial charge in [0.15, 0.2) is 0 Å². The Balaban J connectivity index is 0.000000170. The van der Waals surface area contributed by atoms with Gasteiger partial charge in [0.1, 0.15) is 53.6 Å². The predicted octanol–water partition coefficient (Wildman–Crippen LogP) is 4.71. The standard InChI is InChI=1S/3C19H16N2O5/c3*22-15(23)10-20-18(25)16-17(24)13-8-4-5-9-14(13)21(19(16)26)11-12-6-2-1-3-7-12/h3*1-9,24H,10-11H2,(H,20,25)(H,22,23). The molecule has 0 radical (unpaired) electrons. The van der Waals surface area contributed by atoms with Gasteiger partial charge < -0.3 is 60.3 Å². The van der Waals surface area contributed by atoms with Crippen molar-refractivity contribution < 1.29 is 59.4 Å². The fraction of sp³-hybridized carbons (Fsp3) is 0.105. The molecule has 3 amide bonds. The van der Waals surface area contributed by atoms with E-state index in [0.717, 1.165) is 16.7 Å². The number of rotatable bonds is 15. The molecular formula is C57H48N6O15. The summed E-state index contributed by atoms with van der Waals surface area (Å²) in [4.78, 5) is 108. The topological polar surface area (TPSA) is 326 Å². The minimum Gasteiger partial charge on any atom is -0.506 e. The smallest absolute Gasteiger partial charge is 0.322 e. The molecule has 3 aromatic heterocycles. The van der Waals surface area contributed by atoms with Crippen molar-refractivity contribution in [2.45, 2.75) is 19.6 Å². The van der Waals surface area contributed by atoms with E-state index in [4.69, 9.17) is 15.3 Å². The molecule has 21 nitrogen and oxygen atoms in total. The molecule has 9 aromatic rings. The Morgan fingerprint density at radius 1 is 0.333 bits per heavy atom. The maximum atomic E-state index is 12.9. The molecule has 0 spiro atoms. The first-order valence-electron chi connectivity index (χ1n) is 23.6. The van der Waals surface area contributed by atoms with Crippen LogP contribution in [0.5, 0.6) is 17.2 Å². The molecular weight excluding hydrogens is 1010 g/mol. The molecule has 9 N–H and O–H groups in total. The third kappa shape index (κ3) is 12.7. The minimum absolute atomic E-state index is 0.208. The summed E-state index contributed by atoms with van der Waals surface area (Å²) in [6.45, 7) is -1.32. The first-order chi connectivity index (χ1) is 37.5. The van der Waals surface area contributed by atoms with Crippen LogP contribution in [0.3, 0.4) is 0 Å². The van der Waals surface area contributed by atoms with Gasteiger partial charge in [-0.1, -0.05) is 127 Å². The van der Waals surface area contributed by atoms with Crippen molar-refractivity contribution >= 4 is 68.3 Å². The van der Waals surface area contributed by atoms with Crippen LogP contribution in [0.25, 0.3) is 32.7 Å². The number of pyridine rings is 3. The Morgan fingerprint density at radius 3 is 0.782 bits per heavy atom. The zero-order chi connectivity index (χ0) is 56.0. The monoisotopic (exact) mass is 1060 g/mol. The van der Waals surface area contributed by atoms with Crippen molar-refractivity contribution in [3.05, 3.63) is 228 Å². The number of amides is 3. The summed E-state index contributed by atoms with van der Waals surface area (Å²) in [7, 11) is 0. The lowest BCUT2D eigenvalue weighted by Crippen LogP contribution is -2.36. The largest absolute Gasteiger partial charge is 0.506 e. The SMILES string of the molecule is O=C(O)CNC(=O)c1c(O)c2ccccc2n(Cc2ccccc2)c1=O.O=C(O)CNC(=O)c1c(O)c2ccccc2n(Cc2ccccc2)c1=O.O=C(O)CNC(=O)c1c(O)c2ccccc2n(Cc2ccccc2)c1=O. The number of para-hydroxylation sites is 3. The van der Waals surface area contributed by atoms with Crippen molar-refractivity contribution in [1.82, 2.24) is 29.7 Å². The molecule has 0 aliphatic carbocycles. The number of aliphatic carboxylic acids is 3. The van der Waals surface area contributed by atoms with Crippen LogP contribution in [0.1, 0.15) is 47.8 Å². The van der Waals surface area contributed by atoms with Gasteiger partial charge in [-0.15, -0.1) is 0 Å². The van der Waals surface area contributed by atoms with Gasteiger partial charge in [-0.3, -0.25) is 43.2 Å². The number of carbonyl (C=O) groups is 6. The summed E-state index contributed by atoms with van der Waals surface area (Å²) >= 11 is 0. The van der Waals surface area contributed by atoms with Gasteiger partial charge in [0, 0.05) is 16.2 Å². The zero-order valence-corrected chi connectivity index (χ0v) is 41.0. The number of aromatic nitrogens is 3. The van der Waals surface area contributed by atoms with Crippen LogP contribution >= 0.6 is 0 Å². The van der Waals surface area contributed by atoms with Crippen LogP contribution in [0.15, 0.2) is 178 Å². The Labute approximate surface area is 440 Å². The molecule has 6 aromatic carbocycles. The van der Waals surface area contributed by atoms with Crippen molar-refractivity contribution in [3.63, 3.8) is 0 Å². The third-order valence-electron chi connectivity index (χ3n) is 11.9. The Hall–Kier alpha value is -10.8. The highest BCUT2D eigenvalue weighted by atomic mass is 16.4. The third-order valence-corrected chi connectivity index (χ3v) is 11.9. The van der Waals surface area contributed by atoms with Crippen LogP contribution in [0, 0.1) is 0 Å². The molecule has 0 atom stereocenters. The van der Waals surface area contributed by atoms with E-state index < -0.39 is 106 Å². The normalized spacial score (nSPS) is 10.6. The number of carboxylic acid groups (broad SMARTS) is 3. The molecule has 3 heterocycles. The van der Waals surface area contributed by atoms with Gasteiger partial charge >= 0.3 is 17.9 Å². The number of benzene rings is 6. The Bertz CT molecular complexity index is 3530. The number of hydrogen-bond acceptors (Lipinski definition) is 12. The molecule has 0 aliphatic heterocycles. The van der Waals surface area contributed by atoms with Crippen molar-refractivity contribution in [1.29, 1.82) is 0 Å². The predicted molar refractivity (Wildman–Crippen MR) is 286 cm³/mol. The highest BCUT2D eigenvalue weighted by Crippen LogP contribution is 2.29. The van der Waals surface area contributed by atoms with Gasteiger partial charge in [-0.05, 0) is 53.1 Å². The fourth-order valence-electron chi connectivity index (χ4n) is 8.28. The van der Waals surface area contributed by atoms with E-state index in [9.17, 15) is 58.5 Å². The Kier molecular flexibility index (Phi) is 17.6. The second-order valence-electron chi connectivity index (χ2n) is 17.1. The van der Waals surface area contributed by atoms with Gasteiger partial charge in [0.2, 0.25) is 0 Å². The molecule has 0 unspecified atom stereocenters. The van der Waals surface area contributed by atoms with Crippen molar-refractivity contribution in [2.24, 2.45) is 0 Å². The molecule has 9 rings (SSSR count). The average molecular weight is 1060 g/mol. The zero-order valence-electron chi connectivity index (χ0n) is 41.0. The van der Waals surface area contributed by atoms with Crippen LogP contribution < -0.4 is 32.6 Å². The number of fused-ring (bicyclic) bond motifs is 3. The van der Waals surface area contributed by atoms with Crippen LogP contribution in [0.2, 0.25) is 0 Å². The van der Waals surface area contributed by atoms with Gasteiger partial charge in [0.25, 0.3) is 34.4 Å². The lowest BCUT2D eigenvalue weighted by Gasteiger charge is -2.15. The molecule has 396 valence electrons. The molecule has 78 heavy (non-hydrogen) atoms. The highest BCUT2D eigenvalue weighted by molar-refractivity contribution is 6.05. The number of carboxylic acids is 3. The molecule has 0 aliphatic rings. The molecule has 0 bridgehead atoms. The van der Waals surface area contributed by atoms with Crippen molar-refractivity contribution in [3.8, 4) is 17.2 Å². The van der Waals surface area contributed by atoms with E-state index in [-0.39, 0.29) is 19.6 Å². The first-order valence-corrected chi connectivity index (χ1v) is 23.6. The summed E-state index contributed by atoms with van der Waals surface area (Å²) in [5, 5.41) is 64.8. The first kappa shape index (κ1) is 54.9. The van der Waals surface area contributed by atoms with Crippen LogP contribution in [-0.4, -0.2) is 99.6 Å². The van der Waals surface area contributed by atoms with Crippen LogP contribution in [-0.2, 0) is 34.0 Å². The van der Waals surface area contributed by atoms with E-state index in [0.29, 0.717) is 32.7 Å². The average Bonchev–Trinajstić information content (AvgIpc) is 3.47. The summed E-state index contributed by atoms with van der Waals surface area (Å²) < 4.78 is 4.17. The molecule has 0 saturated carbocycles. The van der Waals surface area contributed by atoms with E-state index in [1.54, 1.807) is 72.8 Å². The maximum absolute atomic E-state index is 12.9. The van der Waals surface area contributed by atoms with E-state index in [1.165, 1.54) is 13.7 Å². The minimum atomic E-state index is -1.25. The maximum Gasteiger partial charge on any atom is 0.322 e. The number of nitrogens with one attached hydrogen (secondary N) is 3. The van der Waals surface area contributed by atoms with E-state index in [1.807, 2.05) is 91.0 Å². The fourth-order valence-corrected chi connectivity index (χ4v) is 8.28. The number of hydrogen-bond donors (Lipinski definition) is 9. The number of carbonyl (C=O) groups excluding carboxylic acids is 3. The van der Waals surface area contributed by atoms with Gasteiger partial charge in [-0.2, -0.15) is 0 Å². The van der Waals surface area contributed by atoms with Gasteiger partial charge in [-0.25, -0.2) is 0 Å². The Morgan fingerprint density at radius 2 is 0.551 bits per heavy atom. The summed E-state index contributed by atoms with van der Waals surface area (Å²) in [6.07, 6.45) is 0. The molecule has 21 heteroatoms. The second-order valence-corrected chi connectivity index (χ2v) is 17.1. The summed E-state index contributed by atoms with van der Waals surface area (Å²) in [6, 6.07) is 47.7. The summed E-state index contributed by atoms with van der Waals surface area (Å²) in [5.74, 6) is -7.91. The molecule has 0 saturated heterocycles. The van der Waals surface area contributed by atoms with Crippen molar-refractivity contribution in [2.75, 3.05) is 19.6 Å². The van der Waals surface area contributed by atoms with Gasteiger partial charge in [0.05, 0.1) is 36.2 Å². The second kappa shape index (κ2) is 24.9. The quantitative estimate of drug-likeness (QED) is 0.0672. The number of aromatic hydroxyl groups is 3. The highest BCUT2D eigenvalue weighted by Gasteiger charge is 2.25. The van der Waals surface area contributed by atoms with E-state index >= 15 is 0 Å². The number of nitrogens with zero attached hydrogens (tertiary/aromatic N) is 3. The lowest BCUT2D eigenvalue weighted by atomic mass is 10.1.